The van der Waals surface area contributed by atoms with E-state index in [0.29, 0.717) is 30.6 Å². The lowest BCUT2D eigenvalue weighted by atomic mass is 10.1. The smallest absolute Gasteiger partial charge is 0.335 e. The van der Waals surface area contributed by atoms with E-state index >= 15 is 0 Å². The van der Waals surface area contributed by atoms with Crippen molar-refractivity contribution >= 4 is 17.3 Å². The Morgan fingerprint density at radius 2 is 1.77 bits per heavy atom. The van der Waals surface area contributed by atoms with Crippen molar-refractivity contribution in [1.82, 2.24) is 9.97 Å². The Morgan fingerprint density at radius 1 is 1.07 bits per heavy atom. The third-order valence-corrected chi connectivity index (χ3v) is 5.01. The predicted molar refractivity (Wildman–Crippen MR) is 112 cm³/mol. The van der Waals surface area contributed by atoms with E-state index in [1.165, 1.54) is 19.2 Å². The van der Waals surface area contributed by atoms with Crippen LogP contribution < -0.4 is 14.4 Å². The Kier molecular flexibility index (Phi) is 5.79. The van der Waals surface area contributed by atoms with E-state index in [0.717, 1.165) is 16.9 Å². The van der Waals surface area contributed by atoms with Crippen LogP contribution in [0.3, 0.4) is 0 Å². The monoisotopic (exact) mass is 405 g/mol. The lowest BCUT2D eigenvalue weighted by Crippen LogP contribution is -2.17. The molecule has 0 unspecified atom stereocenters. The van der Waals surface area contributed by atoms with Gasteiger partial charge in [-0.05, 0) is 55.2 Å². The number of benzene rings is 2. The van der Waals surface area contributed by atoms with Crippen molar-refractivity contribution in [3.05, 3.63) is 72.3 Å². The Balaban J connectivity index is 1.68. The Hall–Kier alpha value is -3.61. The van der Waals surface area contributed by atoms with E-state index in [9.17, 15) is 9.90 Å². The number of nitrogens with zero attached hydrogens (tertiary/aromatic N) is 3. The van der Waals surface area contributed by atoms with Crippen LogP contribution in [0, 0.1) is 5.92 Å². The molecule has 1 aliphatic carbocycles. The first-order chi connectivity index (χ1) is 14.6. The maximum Gasteiger partial charge on any atom is 0.335 e. The average Bonchev–Trinajstić information content (AvgIpc) is 3.61. The third kappa shape index (κ3) is 4.68. The lowest BCUT2D eigenvalue weighted by Gasteiger charge is -2.26. The van der Waals surface area contributed by atoms with Gasteiger partial charge in [0, 0.05) is 35.4 Å². The number of rotatable bonds is 9. The first-order valence-electron chi connectivity index (χ1n) is 9.79. The van der Waals surface area contributed by atoms with Crippen molar-refractivity contribution in [1.29, 1.82) is 0 Å². The minimum Gasteiger partial charge on any atom is -0.493 e. The zero-order valence-electron chi connectivity index (χ0n) is 16.7. The molecular weight excluding hydrogens is 382 g/mol. The van der Waals surface area contributed by atoms with Crippen LogP contribution in [0.25, 0.3) is 0 Å². The molecule has 1 fully saturated rings. The van der Waals surface area contributed by atoms with Crippen molar-refractivity contribution < 1.29 is 19.4 Å². The van der Waals surface area contributed by atoms with Gasteiger partial charge < -0.3 is 19.5 Å². The van der Waals surface area contributed by atoms with Gasteiger partial charge in [-0.3, -0.25) is 0 Å². The molecule has 154 valence electrons. The van der Waals surface area contributed by atoms with E-state index < -0.39 is 5.97 Å². The molecule has 7 nitrogen and oxygen atoms in total. The normalized spacial score (nSPS) is 13.0. The summed E-state index contributed by atoms with van der Waals surface area (Å²) in [6.45, 7) is 1.20. The number of carboxylic acids is 1. The third-order valence-electron chi connectivity index (χ3n) is 5.01. The maximum atomic E-state index is 11.2. The SMILES string of the molecule is COc1ccc(N(Cc2cncnc2)c2ccc(C(=O)O)cc2)cc1OCC1CC1. The average molecular weight is 405 g/mol. The molecule has 2 aromatic carbocycles. The Labute approximate surface area is 174 Å². The summed E-state index contributed by atoms with van der Waals surface area (Å²) >= 11 is 0. The van der Waals surface area contributed by atoms with Crippen LogP contribution in [0.5, 0.6) is 11.5 Å². The van der Waals surface area contributed by atoms with Gasteiger partial charge in [0.25, 0.3) is 0 Å². The molecule has 4 rings (SSSR count). The quantitative estimate of drug-likeness (QED) is 0.568. The molecule has 0 bridgehead atoms. The van der Waals surface area contributed by atoms with Crippen molar-refractivity contribution in [2.45, 2.75) is 19.4 Å². The summed E-state index contributed by atoms with van der Waals surface area (Å²) in [5, 5.41) is 9.21. The highest BCUT2D eigenvalue weighted by Crippen LogP contribution is 2.37. The summed E-state index contributed by atoms with van der Waals surface area (Å²) < 4.78 is 11.5. The second-order valence-electron chi connectivity index (χ2n) is 7.27. The van der Waals surface area contributed by atoms with Gasteiger partial charge in [0.2, 0.25) is 0 Å². The fourth-order valence-electron chi connectivity index (χ4n) is 3.15. The summed E-state index contributed by atoms with van der Waals surface area (Å²) in [6, 6.07) is 12.6. The molecule has 1 N–H and O–H groups in total. The highest BCUT2D eigenvalue weighted by atomic mass is 16.5. The topological polar surface area (TPSA) is 84.8 Å². The van der Waals surface area contributed by atoms with Crippen molar-refractivity contribution in [2.75, 3.05) is 18.6 Å². The summed E-state index contributed by atoms with van der Waals surface area (Å²) in [5.41, 5.74) is 2.91. The fourth-order valence-corrected chi connectivity index (χ4v) is 3.15. The molecule has 3 aromatic rings. The van der Waals surface area contributed by atoms with Gasteiger partial charge in [0.15, 0.2) is 11.5 Å². The van der Waals surface area contributed by atoms with Crippen LogP contribution in [-0.4, -0.2) is 34.8 Å². The summed E-state index contributed by atoms with van der Waals surface area (Å²) in [6.07, 6.45) is 7.43. The molecule has 0 spiro atoms. The fraction of sp³-hybridized carbons (Fsp3) is 0.261. The number of methoxy groups -OCH3 is 1. The van der Waals surface area contributed by atoms with Crippen LogP contribution in [-0.2, 0) is 6.54 Å². The van der Waals surface area contributed by atoms with Gasteiger partial charge >= 0.3 is 5.97 Å². The van der Waals surface area contributed by atoms with E-state index in [1.807, 2.05) is 18.2 Å². The van der Waals surface area contributed by atoms with Gasteiger partial charge in [-0.2, -0.15) is 0 Å². The number of carbonyl (C=O) groups is 1. The van der Waals surface area contributed by atoms with Gasteiger partial charge in [-0.15, -0.1) is 0 Å². The number of carboxylic acid groups (broad SMARTS) is 1. The highest BCUT2D eigenvalue weighted by Gasteiger charge is 2.23. The molecule has 7 heteroatoms. The highest BCUT2D eigenvalue weighted by molar-refractivity contribution is 5.88. The molecular formula is C23H23N3O4. The van der Waals surface area contributed by atoms with Crippen LogP contribution >= 0.6 is 0 Å². The molecule has 0 saturated heterocycles. The number of hydrogen-bond acceptors (Lipinski definition) is 6. The van der Waals surface area contributed by atoms with Crippen LogP contribution in [0.15, 0.2) is 61.2 Å². The number of aromatic carboxylic acids is 1. The standard InChI is InChI=1S/C23H23N3O4/c1-29-21-9-8-20(10-22(21)30-14-16-2-3-16)26(13-17-11-24-15-25-12-17)19-6-4-18(5-7-19)23(27)28/h4-12,15-16H,2-3,13-14H2,1H3,(H,27,28). The number of hydrogen-bond donors (Lipinski definition) is 1. The molecule has 0 aliphatic heterocycles. The molecule has 0 amide bonds. The van der Waals surface area contributed by atoms with E-state index in [2.05, 4.69) is 14.9 Å². The van der Waals surface area contributed by atoms with Crippen LogP contribution in [0.1, 0.15) is 28.8 Å². The number of aromatic nitrogens is 2. The largest absolute Gasteiger partial charge is 0.493 e. The summed E-state index contributed by atoms with van der Waals surface area (Å²) in [5.74, 6) is 1.05. The zero-order chi connectivity index (χ0) is 20.9. The van der Waals surface area contributed by atoms with Gasteiger partial charge in [-0.25, -0.2) is 14.8 Å². The minimum atomic E-state index is -0.954. The van der Waals surface area contributed by atoms with Gasteiger partial charge in [-0.1, -0.05) is 0 Å². The first kappa shape index (κ1) is 19.7. The Bertz CT molecular complexity index is 1000. The molecule has 0 radical (unpaired) electrons. The van der Waals surface area contributed by atoms with Crippen LogP contribution in [0.2, 0.25) is 0 Å². The molecule has 1 heterocycles. The minimum absolute atomic E-state index is 0.241. The van der Waals surface area contributed by atoms with Gasteiger partial charge in [0.1, 0.15) is 6.33 Å². The maximum absolute atomic E-state index is 11.2. The second kappa shape index (κ2) is 8.82. The molecule has 0 atom stereocenters. The second-order valence-corrected chi connectivity index (χ2v) is 7.27. The Morgan fingerprint density at radius 3 is 2.40 bits per heavy atom. The lowest BCUT2D eigenvalue weighted by molar-refractivity contribution is 0.0697. The van der Waals surface area contributed by atoms with Crippen LogP contribution in [0.4, 0.5) is 11.4 Å². The number of ether oxygens (including phenoxy) is 2. The van der Waals surface area contributed by atoms with Gasteiger partial charge in [0.05, 0.1) is 25.8 Å². The molecule has 1 saturated carbocycles. The van der Waals surface area contributed by atoms with Crippen molar-refractivity contribution in [3.63, 3.8) is 0 Å². The van der Waals surface area contributed by atoms with E-state index in [1.54, 1.807) is 43.8 Å². The van der Waals surface area contributed by atoms with Crippen molar-refractivity contribution in [2.24, 2.45) is 5.92 Å². The molecule has 1 aromatic heterocycles. The van der Waals surface area contributed by atoms with E-state index in [-0.39, 0.29) is 5.56 Å². The molecule has 1 aliphatic rings. The van der Waals surface area contributed by atoms with Crippen molar-refractivity contribution in [3.8, 4) is 11.5 Å². The summed E-state index contributed by atoms with van der Waals surface area (Å²) in [4.78, 5) is 21.5. The number of anilines is 2. The molecule has 30 heavy (non-hydrogen) atoms. The van der Waals surface area contributed by atoms with E-state index in [4.69, 9.17) is 9.47 Å². The first-order valence-corrected chi connectivity index (χ1v) is 9.79. The zero-order valence-corrected chi connectivity index (χ0v) is 16.7. The predicted octanol–water partition coefficient (Wildman–Crippen LogP) is 4.31. The summed E-state index contributed by atoms with van der Waals surface area (Å²) in [7, 11) is 1.63.